The van der Waals surface area contributed by atoms with Crippen LogP contribution in [0.1, 0.15) is 55.3 Å². The Morgan fingerprint density at radius 3 is 2.63 bits per heavy atom. The van der Waals surface area contributed by atoms with Gasteiger partial charge in [0.25, 0.3) is 5.56 Å². The molecule has 2 N–H and O–H groups in total. The van der Waals surface area contributed by atoms with Gasteiger partial charge in [-0.2, -0.15) is 0 Å². The van der Waals surface area contributed by atoms with Crippen LogP contribution in [0.4, 0.5) is 0 Å². The maximum Gasteiger partial charge on any atom is 0.271 e. The fraction of sp³-hybridized carbons (Fsp3) is 0.455. The van der Waals surface area contributed by atoms with Crippen molar-refractivity contribution in [3.8, 4) is 11.4 Å². The zero-order chi connectivity index (χ0) is 19.1. The van der Waals surface area contributed by atoms with E-state index in [0.717, 1.165) is 30.0 Å². The quantitative estimate of drug-likeness (QED) is 0.742. The maximum absolute atomic E-state index is 12.0. The number of piperidine rings is 1. The number of H-pyrrole nitrogens is 1. The Labute approximate surface area is 159 Å². The van der Waals surface area contributed by atoms with E-state index < -0.39 is 0 Å². The molecule has 0 spiro atoms. The molecule has 3 heterocycles. The third-order valence-corrected chi connectivity index (χ3v) is 5.74. The standard InChI is InChI=1S/C22H28N4O/c1-13(2)20-17-11-16(15-7-9-23-10-8-15)5-6-18(17)25-21(20)19-12-26(4)22(27)14(3)24-19/h5-6,11-13,15,23,25H,7-10H2,1-4H3. The van der Waals surface area contributed by atoms with Crippen molar-refractivity contribution in [3.63, 3.8) is 0 Å². The van der Waals surface area contributed by atoms with E-state index in [1.165, 1.54) is 29.4 Å². The highest BCUT2D eigenvalue weighted by molar-refractivity contribution is 5.91. The second-order valence-corrected chi connectivity index (χ2v) is 8.03. The van der Waals surface area contributed by atoms with E-state index in [0.29, 0.717) is 17.5 Å². The molecule has 142 valence electrons. The molecular weight excluding hydrogens is 336 g/mol. The number of nitrogens with zero attached hydrogens (tertiary/aromatic N) is 2. The van der Waals surface area contributed by atoms with E-state index in [-0.39, 0.29) is 5.56 Å². The van der Waals surface area contributed by atoms with Gasteiger partial charge in [-0.3, -0.25) is 4.79 Å². The molecule has 1 saturated heterocycles. The summed E-state index contributed by atoms with van der Waals surface area (Å²) in [6, 6.07) is 6.84. The minimum Gasteiger partial charge on any atom is -0.353 e. The SMILES string of the molecule is Cc1nc(-c2[nH]c3ccc(C4CCNCC4)cc3c2C(C)C)cn(C)c1=O. The molecule has 3 aromatic rings. The first kappa shape index (κ1) is 18.0. The second-order valence-electron chi connectivity index (χ2n) is 8.03. The van der Waals surface area contributed by atoms with Crippen molar-refractivity contribution in [2.45, 2.75) is 45.4 Å². The van der Waals surface area contributed by atoms with Gasteiger partial charge < -0.3 is 14.9 Å². The minimum atomic E-state index is -0.0471. The van der Waals surface area contributed by atoms with Gasteiger partial charge in [-0.1, -0.05) is 19.9 Å². The molecular formula is C22H28N4O. The third-order valence-electron chi connectivity index (χ3n) is 5.74. The van der Waals surface area contributed by atoms with Crippen LogP contribution in [-0.4, -0.2) is 27.6 Å². The zero-order valence-corrected chi connectivity index (χ0v) is 16.6. The smallest absolute Gasteiger partial charge is 0.271 e. The number of aryl methyl sites for hydroxylation is 2. The summed E-state index contributed by atoms with van der Waals surface area (Å²) in [6.45, 7) is 8.41. The van der Waals surface area contributed by atoms with Crippen LogP contribution in [0, 0.1) is 6.92 Å². The fourth-order valence-electron chi connectivity index (χ4n) is 4.32. The van der Waals surface area contributed by atoms with E-state index in [2.05, 4.69) is 47.3 Å². The van der Waals surface area contributed by atoms with Crippen molar-refractivity contribution >= 4 is 10.9 Å². The summed E-state index contributed by atoms with van der Waals surface area (Å²) in [5.74, 6) is 0.989. The molecule has 1 aliphatic rings. The highest BCUT2D eigenvalue weighted by Gasteiger charge is 2.21. The van der Waals surface area contributed by atoms with Gasteiger partial charge in [0.2, 0.25) is 0 Å². The topological polar surface area (TPSA) is 62.7 Å². The molecule has 5 heteroatoms. The number of hydrogen-bond acceptors (Lipinski definition) is 3. The second kappa shape index (κ2) is 6.97. The van der Waals surface area contributed by atoms with Gasteiger partial charge in [-0.25, -0.2) is 4.98 Å². The number of rotatable bonds is 3. The number of hydrogen-bond donors (Lipinski definition) is 2. The van der Waals surface area contributed by atoms with Crippen molar-refractivity contribution in [1.29, 1.82) is 0 Å². The maximum atomic E-state index is 12.0. The van der Waals surface area contributed by atoms with Gasteiger partial charge in [-0.05, 0) is 68.0 Å². The largest absolute Gasteiger partial charge is 0.353 e. The van der Waals surface area contributed by atoms with Crippen LogP contribution in [0.25, 0.3) is 22.3 Å². The molecule has 2 aromatic heterocycles. The molecule has 0 atom stereocenters. The van der Waals surface area contributed by atoms with Crippen LogP contribution in [0.15, 0.2) is 29.2 Å². The van der Waals surface area contributed by atoms with Crippen LogP contribution >= 0.6 is 0 Å². The number of nitrogens with one attached hydrogen (secondary N) is 2. The highest BCUT2D eigenvalue weighted by Crippen LogP contribution is 2.37. The Morgan fingerprint density at radius 2 is 1.96 bits per heavy atom. The summed E-state index contributed by atoms with van der Waals surface area (Å²) in [7, 11) is 1.79. The van der Waals surface area contributed by atoms with Crippen LogP contribution in [0.3, 0.4) is 0 Å². The van der Waals surface area contributed by atoms with Crippen molar-refractivity contribution in [2.24, 2.45) is 7.05 Å². The first-order valence-corrected chi connectivity index (χ1v) is 9.86. The average Bonchev–Trinajstić information content (AvgIpc) is 3.05. The average molecular weight is 364 g/mol. The van der Waals surface area contributed by atoms with Gasteiger partial charge in [0.05, 0.1) is 5.69 Å². The Hall–Kier alpha value is -2.40. The van der Waals surface area contributed by atoms with Gasteiger partial charge in [-0.15, -0.1) is 0 Å². The molecule has 1 aromatic carbocycles. The molecule has 0 radical (unpaired) electrons. The first-order chi connectivity index (χ1) is 13.0. The molecule has 0 aliphatic carbocycles. The lowest BCUT2D eigenvalue weighted by atomic mass is 9.88. The third kappa shape index (κ3) is 3.21. The predicted octanol–water partition coefficient (Wildman–Crippen LogP) is 3.83. The van der Waals surface area contributed by atoms with Crippen molar-refractivity contribution in [2.75, 3.05) is 13.1 Å². The summed E-state index contributed by atoms with van der Waals surface area (Å²) in [6.07, 6.45) is 4.22. The van der Waals surface area contributed by atoms with Crippen LogP contribution < -0.4 is 10.9 Å². The lowest BCUT2D eigenvalue weighted by molar-refractivity contribution is 0.460. The summed E-state index contributed by atoms with van der Waals surface area (Å²) in [5.41, 5.74) is 6.19. The summed E-state index contributed by atoms with van der Waals surface area (Å²) in [4.78, 5) is 20.2. The Kier molecular flexibility index (Phi) is 4.64. The Morgan fingerprint density at radius 1 is 1.22 bits per heavy atom. The van der Waals surface area contributed by atoms with E-state index in [1.54, 1.807) is 18.5 Å². The van der Waals surface area contributed by atoms with Gasteiger partial charge >= 0.3 is 0 Å². The van der Waals surface area contributed by atoms with Gasteiger partial charge in [0.1, 0.15) is 11.4 Å². The van der Waals surface area contributed by atoms with E-state index in [9.17, 15) is 4.79 Å². The monoisotopic (exact) mass is 364 g/mol. The molecule has 1 fully saturated rings. The van der Waals surface area contributed by atoms with E-state index >= 15 is 0 Å². The minimum absolute atomic E-state index is 0.0471. The van der Waals surface area contributed by atoms with Gasteiger partial charge in [0, 0.05) is 24.1 Å². The van der Waals surface area contributed by atoms with E-state index in [1.807, 2.05) is 6.20 Å². The van der Waals surface area contributed by atoms with Crippen LogP contribution in [0.2, 0.25) is 0 Å². The first-order valence-electron chi connectivity index (χ1n) is 9.86. The molecule has 0 amide bonds. The molecule has 5 nitrogen and oxygen atoms in total. The lowest BCUT2D eigenvalue weighted by Crippen LogP contribution is -2.26. The zero-order valence-electron chi connectivity index (χ0n) is 16.6. The summed E-state index contributed by atoms with van der Waals surface area (Å²) in [5, 5.41) is 4.73. The number of aromatic amines is 1. The summed E-state index contributed by atoms with van der Waals surface area (Å²) >= 11 is 0. The number of fused-ring (bicyclic) bond motifs is 1. The van der Waals surface area contributed by atoms with Crippen molar-refractivity contribution in [1.82, 2.24) is 19.9 Å². The summed E-state index contributed by atoms with van der Waals surface area (Å²) < 4.78 is 1.62. The number of benzene rings is 1. The van der Waals surface area contributed by atoms with Crippen LogP contribution in [0.5, 0.6) is 0 Å². The van der Waals surface area contributed by atoms with Crippen molar-refractivity contribution < 1.29 is 0 Å². The Bertz CT molecular complexity index is 1010. The molecule has 0 unspecified atom stereocenters. The molecule has 4 rings (SSSR count). The predicted molar refractivity (Wildman–Crippen MR) is 110 cm³/mol. The molecule has 0 saturated carbocycles. The van der Waals surface area contributed by atoms with E-state index in [4.69, 9.17) is 0 Å². The number of aromatic nitrogens is 3. The lowest BCUT2D eigenvalue weighted by Gasteiger charge is -2.23. The molecule has 0 bridgehead atoms. The molecule has 27 heavy (non-hydrogen) atoms. The van der Waals surface area contributed by atoms with Crippen LogP contribution in [-0.2, 0) is 7.05 Å². The highest BCUT2D eigenvalue weighted by atomic mass is 16.1. The van der Waals surface area contributed by atoms with Gasteiger partial charge in [0.15, 0.2) is 0 Å². The normalized spacial score (nSPS) is 15.7. The molecule has 1 aliphatic heterocycles. The Balaban J connectivity index is 1.88. The fourth-order valence-corrected chi connectivity index (χ4v) is 4.32. The van der Waals surface area contributed by atoms with Crippen molar-refractivity contribution in [3.05, 3.63) is 51.6 Å².